The number of benzene rings is 2. The van der Waals surface area contributed by atoms with Crippen LogP contribution < -0.4 is 4.43 Å². The second-order valence-electron chi connectivity index (χ2n) is 9.21. The fourth-order valence-electron chi connectivity index (χ4n) is 2.49. The van der Waals surface area contributed by atoms with Crippen LogP contribution in [0.4, 0.5) is 24.5 Å². The number of alkyl halides is 3. The van der Waals surface area contributed by atoms with Crippen molar-refractivity contribution in [3.05, 3.63) is 47.0 Å². The minimum Gasteiger partial charge on any atom is -0.541 e. The second-order valence-corrected chi connectivity index (χ2v) is 16.4. The van der Waals surface area contributed by atoms with Crippen LogP contribution in [0.15, 0.2) is 51.3 Å². The van der Waals surface area contributed by atoms with E-state index in [0.717, 1.165) is 10.4 Å². The summed E-state index contributed by atoms with van der Waals surface area (Å²) in [5.74, 6) is -0.0837. The van der Waals surface area contributed by atoms with Crippen LogP contribution in [0.3, 0.4) is 0 Å². The summed E-state index contributed by atoms with van der Waals surface area (Å²) in [4.78, 5) is 7.49. The van der Waals surface area contributed by atoms with E-state index in [9.17, 15) is 21.6 Å². The largest absolute Gasteiger partial charge is 0.541 e. The van der Waals surface area contributed by atoms with Crippen molar-refractivity contribution in [1.82, 2.24) is 4.31 Å². The van der Waals surface area contributed by atoms with Crippen LogP contribution in [0, 0.1) is 0 Å². The zero-order chi connectivity index (χ0) is 26.1. The van der Waals surface area contributed by atoms with Crippen LogP contribution >= 0.6 is 11.6 Å². The first-order valence-electron chi connectivity index (χ1n) is 10.2. The topological polar surface area (TPSA) is 71.3 Å². The third kappa shape index (κ3) is 6.08. The first kappa shape index (κ1) is 28.1. The van der Waals surface area contributed by atoms with Gasteiger partial charge < -0.3 is 4.43 Å². The molecule has 0 aromatic heterocycles. The van der Waals surface area contributed by atoms with Crippen LogP contribution in [0.5, 0.6) is 5.75 Å². The highest BCUT2D eigenvalue weighted by molar-refractivity contribution is 7.89. The van der Waals surface area contributed by atoms with Gasteiger partial charge in [0, 0.05) is 14.1 Å². The lowest BCUT2D eigenvalue weighted by Crippen LogP contribution is -2.44. The first-order valence-corrected chi connectivity index (χ1v) is 14.9. The van der Waals surface area contributed by atoms with Gasteiger partial charge in [0.25, 0.3) is 8.32 Å². The van der Waals surface area contributed by atoms with E-state index in [1.807, 2.05) is 33.9 Å². The molecule has 0 spiro atoms. The minimum absolute atomic E-state index is 0.0305. The van der Waals surface area contributed by atoms with Crippen molar-refractivity contribution in [3.63, 3.8) is 0 Å². The Hall–Kier alpha value is -2.17. The Kier molecular flexibility index (Phi) is 8.11. The Balaban J connectivity index is 2.77. The van der Waals surface area contributed by atoms with E-state index in [0.29, 0.717) is 0 Å². The van der Waals surface area contributed by atoms with Crippen molar-refractivity contribution in [2.24, 2.45) is 9.98 Å². The maximum Gasteiger partial charge on any atom is 0.418 e. The summed E-state index contributed by atoms with van der Waals surface area (Å²) in [5, 5.41) is -0.365. The molecule has 0 saturated heterocycles. The summed E-state index contributed by atoms with van der Waals surface area (Å²) < 4.78 is 73.2. The first-order chi connectivity index (χ1) is 15.4. The molecule has 2 rings (SSSR count). The fourth-order valence-corrected chi connectivity index (χ4v) is 5.09. The molecular weight excluding hydrogens is 507 g/mol. The van der Waals surface area contributed by atoms with Crippen molar-refractivity contribution in [2.75, 3.05) is 14.1 Å². The van der Waals surface area contributed by atoms with E-state index in [-0.39, 0.29) is 32.1 Å². The Morgan fingerprint density at radius 3 is 2.09 bits per heavy atom. The summed E-state index contributed by atoms with van der Waals surface area (Å²) in [7, 11) is -3.93. The number of nitrogens with zero attached hydrogens (tertiary/aromatic N) is 3. The molecule has 12 heteroatoms. The fraction of sp³-hybridized carbons (Fsp3) is 0.409. The smallest absolute Gasteiger partial charge is 0.418 e. The highest BCUT2D eigenvalue weighted by Gasteiger charge is 2.41. The number of halogens is 4. The van der Waals surface area contributed by atoms with Gasteiger partial charge in [-0.25, -0.2) is 12.7 Å². The van der Waals surface area contributed by atoms with Crippen LogP contribution in [-0.4, -0.2) is 41.1 Å². The highest BCUT2D eigenvalue weighted by Crippen LogP contribution is 2.45. The Bertz CT molecular complexity index is 1230. The van der Waals surface area contributed by atoms with E-state index >= 15 is 0 Å². The summed E-state index contributed by atoms with van der Waals surface area (Å²) in [6.07, 6.45) is -4.61. The molecule has 0 saturated carbocycles. The molecule has 0 N–H and O–H groups in total. The maximum absolute atomic E-state index is 13.2. The Morgan fingerprint density at radius 2 is 1.56 bits per heavy atom. The molecule has 0 aliphatic rings. The van der Waals surface area contributed by atoms with Crippen molar-refractivity contribution in [3.8, 4) is 5.75 Å². The molecule has 0 unspecified atom stereocenters. The molecule has 0 aliphatic heterocycles. The maximum atomic E-state index is 13.2. The zero-order valence-electron chi connectivity index (χ0n) is 20.0. The number of hydrogen-bond donors (Lipinski definition) is 0. The van der Waals surface area contributed by atoms with Crippen molar-refractivity contribution < 1.29 is 26.0 Å². The molecule has 6 nitrogen and oxygen atoms in total. The molecule has 34 heavy (non-hydrogen) atoms. The predicted molar refractivity (Wildman–Crippen MR) is 131 cm³/mol. The lowest BCUT2D eigenvalue weighted by atomic mass is 10.2. The van der Waals surface area contributed by atoms with Crippen molar-refractivity contribution >= 4 is 47.3 Å². The zero-order valence-corrected chi connectivity index (χ0v) is 22.5. The van der Waals surface area contributed by atoms with E-state index in [2.05, 4.69) is 16.0 Å². The van der Waals surface area contributed by atoms with Gasteiger partial charge in [-0.3, -0.25) is 0 Å². The normalized spacial score (nSPS) is 12.9. The van der Waals surface area contributed by atoms with Gasteiger partial charge in [0.1, 0.15) is 16.6 Å². The number of hydrogen-bond acceptors (Lipinski definition) is 5. The number of rotatable bonds is 6. The molecule has 0 fully saturated rings. The highest BCUT2D eigenvalue weighted by atomic mass is 35.5. The molecule has 2 aromatic rings. The summed E-state index contributed by atoms with van der Waals surface area (Å²) in [5.41, 5.74) is -1.29. The van der Waals surface area contributed by atoms with Gasteiger partial charge in [-0.15, -0.1) is 0 Å². The molecular formula is C22H27ClF3N3O3SSi. The standard InChI is InChI=1S/C22H27ClF3N3O3SSi/c1-21(2,3)34(6,7)32-19-18(13-12-16(23)20(19)33(30,31)29(4)5)28-14-27-17-11-9-8-10-15(17)22(24,25)26/h8-13H,1-7H3. The summed E-state index contributed by atoms with van der Waals surface area (Å²) >= 11 is 6.29. The van der Waals surface area contributed by atoms with Gasteiger partial charge in [0.05, 0.1) is 16.3 Å². The van der Waals surface area contributed by atoms with Crippen LogP contribution in [-0.2, 0) is 16.2 Å². The Labute approximate surface area is 204 Å². The van der Waals surface area contributed by atoms with Gasteiger partial charge in [0.2, 0.25) is 10.0 Å². The third-order valence-corrected chi connectivity index (χ3v) is 12.1. The van der Waals surface area contributed by atoms with E-state index < -0.39 is 30.1 Å². The molecule has 0 amide bonds. The lowest BCUT2D eigenvalue weighted by Gasteiger charge is -2.37. The Morgan fingerprint density at radius 1 is 1.00 bits per heavy atom. The number of aliphatic imine (C=N–C) groups is 2. The monoisotopic (exact) mass is 533 g/mol. The summed E-state index contributed by atoms with van der Waals surface area (Å²) in [6.45, 7) is 9.76. The molecule has 0 aliphatic carbocycles. The van der Waals surface area contributed by atoms with E-state index in [4.69, 9.17) is 16.0 Å². The van der Waals surface area contributed by atoms with E-state index in [1.165, 1.54) is 44.4 Å². The van der Waals surface area contributed by atoms with Gasteiger partial charge in [-0.05, 0) is 42.4 Å². The van der Waals surface area contributed by atoms with Gasteiger partial charge in [-0.1, -0.05) is 44.5 Å². The quantitative estimate of drug-likeness (QED) is 0.293. The molecule has 0 atom stereocenters. The van der Waals surface area contributed by atoms with Crippen LogP contribution in [0.2, 0.25) is 23.2 Å². The lowest BCUT2D eigenvalue weighted by molar-refractivity contribution is -0.137. The van der Waals surface area contributed by atoms with Crippen LogP contribution in [0.1, 0.15) is 26.3 Å². The van der Waals surface area contributed by atoms with E-state index in [1.54, 1.807) is 0 Å². The molecule has 0 bridgehead atoms. The van der Waals surface area contributed by atoms with Gasteiger partial charge in [0.15, 0.2) is 5.75 Å². The summed E-state index contributed by atoms with van der Waals surface area (Å²) in [6, 6.07) is 9.75. The average Bonchev–Trinajstić information content (AvgIpc) is 2.68. The van der Waals surface area contributed by atoms with Crippen molar-refractivity contribution in [2.45, 2.75) is 50.0 Å². The number of sulfonamides is 1. The minimum atomic E-state index is -4.61. The third-order valence-electron chi connectivity index (χ3n) is 5.50. The van der Waals surface area contributed by atoms with Crippen LogP contribution in [0.25, 0.3) is 0 Å². The van der Waals surface area contributed by atoms with Crippen molar-refractivity contribution in [1.29, 1.82) is 0 Å². The number of para-hydroxylation sites is 1. The van der Waals surface area contributed by atoms with Gasteiger partial charge >= 0.3 is 6.18 Å². The van der Waals surface area contributed by atoms with Gasteiger partial charge in [-0.2, -0.15) is 23.2 Å². The molecule has 0 heterocycles. The predicted octanol–water partition coefficient (Wildman–Crippen LogP) is 7.13. The molecule has 186 valence electrons. The second kappa shape index (κ2) is 9.83. The molecule has 0 radical (unpaired) electrons. The average molecular weight is 534 g/mol. The molecule has 2 aromatic carbocycles. The SMILES string of the molecule is CN(C)S(=O)(=O)c1c(Cl)ccc(N=C=Nc2ccccc2C(F)(F)F)c1O[Si](C)(C)C(C)(C)C.